The molecule has 0 saturated heterocycles. The Labute approximate surface area is 108 Å². The van der Waals surface area contributed by atoms with E-state index in [1.54, 1.807) is 27.9 Å². The third kappa shape index (κ3) is 4.35. The van der Waals surface area contributed by atoms with Gasteiger partial charge in [-0.3, -0.25) is 14.4 Å². The summed E-state index contributed by atoms with van der Waals surface area (Å²) < 4.78 is 0. The van der Waals surface area contributed by atoms with Crippen LogP contribution in [0.25, 0.3) is 0 Å². The molecule has 1 N–H and O–H groups in total. The van der Waals surface area contributed by atoms with Gasteiger partial charge in [-0.1, -0.05) is 13.8 Å². The first-order valence-electron chi connectivity index (χ1n) is 5.94. The van der Waals surface area contributed by atoms with E-state index in [1.165, 1.54) is 16.7 Å². The highest BCUT2D eigenvalue weighted by atomic mass is 16.4. The zero-order chi connectivity index (χ0) is 14.5. The molecular formula is C12H22N2O4. The fraction of sp³-hybridized carbons (Fsp3) is 0.750. The van der Waals surface area contributed by atoms with E-state index in [-0.39, 0.29) is 18.4 Å². The highest BCUT2D eigenvalue weighted by molar-refractivity contribution is 5.88. The maximum atomic E-state index is 12.1. The highest BCUT2D eigenvalue weighted by Gasteiger charge is 2.29. The predicted octanol–water partition coefficient (Wildman–Crippen LogP) is 0.280. The molecule has 0 fully saturated rings. The minimum Gasteiger partial charge on any atom is -0.481 e. The van der Waals surface area contributed by atoms with Crippen molar-refractivity contribution in [3.63, 3.8) is 0 Å². The third-order valence-corrected chi connectivity index (χ3v) is 3.05. The number of carboxylic acids is 1. The standard InChI is InChI=1S/C12H22N2O4/c1-6-14(7-10(15)13(4)5)11(16)8(2)9(3)12(17)18/h8-9H,6-7H2,1-5H3,(H,17,18). The van der Waals surface area contributed by atoms with Crippen molar-refractivity contribution in [1.29, 1.82) is 0 Å². The van der Waals surface area contributed by atoms with Crippen molar-refractivity contribution in [1.82, 2.24) is 9.80 Å². The minimum atomic E-state index is -1.01. The molecule has 0 aromatic carbocycles. The van der Waals surface area contributed by atoms with Crippen LogP contribution in [0.5, 0.6) is 0 Å². The lowest BCUT2D eigenvalue weighted by molar-refractivity contribution is -0.150. The molecule has 104 valence electrons. The van der Waals surface area contributed by atoms with Crippen molar-refractivity contribution in [3.05, 3.63) is 0 Å². The van der Waals surface area contributed by atoms with Crippen LogP contribution < -0.4 is 0 Å². The van der Waals surface area contributed by atoms with E-state index < -0.39 is 17.8 Å². The normalized spacial score (nSPS) is 13.6. The van der Waals surface area contributed by atoms with Crippen LogP contribution in [0.15, 0.2) is 0 Å². The van der Waals surface area contributed by atoms with Gasteiger partial charge in [0.25, 0.3) is 0 Å². The second kappa shape index (κ2) is 6.98. The zero-order valence-corrected chi connectivity index (χ0v) is 11.6. The molecule has 0 heterocycles. The predicted molar refractivity (Wildman–Crippen MR) is 66.9 cm³/mol. The molecule has 0 saturated carbocycles. The number of carbonyl (C=O) groups is 3. The van der Waals surface area contributed by atoms with Gasteiger partial charge in [-0.05, 0) is 6.92 Å². The van der Waals surface area contributed by atoms with Gasteiger partial charge >= 0.3 is 5.97 Å². The highest BCUT2D eigenvalue weighted by Crippen LogP contribution is 2.14. The monoisotopic (exact) mass is 258 g/mol. The van der Waals surface area contributed by atoms with Gasteiger partial charge in [-0.2, -0.15) is 0 Å². The Bertz CT molecular complexity index is 328. The Hall–Kier alpha value is -1.59. The molecule has 0 aliphatic rings. The summed E-state index contributed by atoms with van der Waals surface area (Å²) >= 11 is 0. The molecule has 0 aliphatic carbocycles. The fourth-order valence-electron chi connectivity index (χ4n) is 1.37. The summed E-state index contributed by atoms with van der Waals surface area (Å²) in [5.74, 6) is -2.90. The average Bonchev–Trinajstić information content (AvgIpc) is 2.32. The summed E-state index contributed by atoms with van der Waals surface area (Å²) in [5.41, 5.74) is 0. The topological polar surface area (TPSA) is 77.9 Å². The number of hydrogen-bond acceptors (Lipinski definition) is 3. The lowest BCUT2D eigenvalue weighted by atomic mass is 9.94. The van der Waals surface area contributed by atoms with Gasteiger partial charge in [-0.25, -0.2) is 0 Å². The molecule has 0 bridgehead atoms. The molecule has 0 aromatic heterocycles. The molecule has 0 aliphatic heterocycles. The zero-order valence-electron chi connectivity index (χ0n) is 11.6. The summed E-state index contributed by atoms with van der Waals surface area (Å²) in [7, 11) is 3.23. The van der Waals surface area contributed by atoms with Crippen molar-refractivity contribution in [3.8, 4) is 0 Å². The Morgan fingerprint density at radius 2 is 1.61 bits per heavy atom. The van der Waals surface area contributed by atoms with Gasteiger partial charge in [0.2, 0.25) is 11.8 Å². The lowest BCUT2D eigenvalue weighted by Crippen LogP contribution is -2.44. The molecule has 2 amide bonds. The van der Waals surface area contributed by atoms with Gasteiger partial charge in [0, 0.05) is 26.6 Å². The largest absolute Gasteiger partial charge is 0.481 e. The van der Waals surface area contributed by atoms with Crippen LogP contribution in [-0.4, -0.2) is 59.9 Å². The van der Waals surface area contributed by atoms with Crippen LogP contribution in [-0.2, 0) is 14.4 Å². The Morgan fingerprint density at radius 1 is 1.11 bits per heavy atom. The first-order chi connectivity index (χ1) is 8.22. The van der Waals surface area contributed by atoms with Gasteiger partial charge < -0.3 is 14.9 Å². The van der Waals surface area contributed by atoms with E-state index in [4.69, 9.17) is 5.11 Å². The molecule has 0 radical (unpaired) electrons. The summed E-state index contributed by atoms with van der Waals surface area (Å²) in [6.07, 6.45) is 0. The fourth-order valence-corrected chi connectivity index (χ4v) is 1.37. The Kier molecular flexibility index (Phi) is 6.36. The summed E-state index contributed by atoms with van der Waals surface area (Å²) in [6.45, 7) is 5.20. The second-order valence-electron chi connectivity index (χ2n) is 4.56. The van der Waals surface area contributed by atoms with E-state index in [2.05, 4.69) is 0 Å². The number of amides is 2. The number of rotatable bonds is 6. The second-order valence-corrected chi connectivity index (χ2v) is 4.56. The molecule has 18 heavy (non-hydrogen) atoms. The molecule has 6 nitrogen and oxygen atoms in total. The quantitative estimate of drug-likeness (QED) is 0.742. The maximum Gasteiger partial charge on any atom is 0.307 e. The summed E-state index contributed by atoms with van der Waals surface area (Å²) in [6, 6.07) is 0. The van der Waals surface area contributed by atoms with E-state index in [1.807, 2.05) is 0 Å². The van der Waals surface area contributed by atoms with Crippen LogP contribution in [0.3, 0.4) is 0 Å². The van der Waals surface area contributed by atoms with E-state index in [9.17, 15) is 14.4 Å². The van der Waals surface area contributed by atoms with E-state index >= 15 is 0 Å². The SMILES string of the molecule is CCN(CC(=O)N(C)C)C(=O)C(C)C(C)C(=O)O. The first kappa shape index (κ1) is 16.4. The molecule has 0 aromatic rings. The minimum absolute atomic E-state index is 0.0149. The van der Waals surface area contributed by atoms with Crippen molar-refractivity contribution in [2.24, 2.45) is 11.8 Å². The molecular weight excluding hydrogens is 236 g/mol. The Balaban J connectivity index is 4.71. The van der Waals surface area contributed by atoms with Crippen LogP contribution in [0, 0.1) is 11.8 Å². The molecule has 2 unspecified atom stereocenters. The van der Waals surface area contributed by atoms with Gasteiger partial charge in [0.15, 0.2) is 0 Å². The lowest BCUT2D eigenvalue weighted by Gasteiger charge is -2.26. The van der Waals surface area contributed by atoms with Gasteiger partial charge in [-0.15, -0.1) is 0 Å². The number of aliphatic carboxylic acids is 1. The van der Waals surface area contributed by atoms with Crippen molar-refractivity contribution < 1.29 is 19.5 Å². The third-order valence-electron chi connectivity index (χ3n) is 3.05. The van der Waals surface area contributed by atoms with Gasteiger partial charge in [0.05, 0.1) is 12.5 Å². The molecule has 2 atom stereocenters. The first-order valence-corrected chi connectivity index (χ1v) is 5.94. The number of carbonyl (C=O) groups excluding carboxylic acids is 2. The summed E-state index contributed by atoms with van der Waals surface area (Å²) in [5, 5.41) is 8.88. The number of likely N-dealkylation sites (N-methyl/N-ethyl adjacent to an activating group) is 2. The van der Waals surface area contributed by atoms with E-state index in [0.717, 1.165) is 0 Å². The summed E-state index contributed by atoms with van der Waals surface area (Å²) in [4.78, 5) is 37.3. The van der Waals surface area contributed by atoms with Crippen molar-refractivity contribution in [2.75, 3.05) is 27.2 Å². The Morgan fingerprint density at radius 3 is 1.94 bits per heavy atom. The number of carboxylic acid groups (broad SMARTS) is 1. The molecule has 6 heteroatoms. The number of hydrogen-bond donors (Lipinski definition) is 1. The van der Waals surface area contributed by atoms with Crippen LogP contribution in [0.2, 0.25) is 0 Å². The number of nitrogens with zero attached hydrogens (tertiary/aromatic N) is 2. The van der Waals surface area contributed by atoms with Crippen molar-refractivity contribution >= 4 is 17.8 Å². The smallest absolute Gasteiger partial charge is 0.307 e. The average molecular weight is 258 g/mol. The van der Waals surface area contributed by atoms with E-state index in [0.29, 0.717) is 6.54 Å². The molecule has 0 spiro atoms. The van der Waals surface area contributed by atoms with Gasteiger partial charge in [0.1, 0.15) is 0 Å². The molecule has 0 rings (SSSR count). The van der Waals surface area contributed by atoms with Crippen LogP contribution in [0.1, 0.15) is 20.8 Å². The van der Waals surface area contributed by atoms with Crippen LogP contribution in [0.4, 0.5) is 0 Å². The maximum absolute atomic E-state index is 12.1. The van der Waals surface area contributed by atoms with Crippen LogP contribution >= 0.6 is 0 Å². The van der Waals surface area contributed by atoms with Crippen molar-refractivity contribution in [2.45, 2.75) is 20.8 Å².